The van der Waals surface area contributed by atoms with Gasteiger partial charge in [0.15, 0.2) is 0 Å². The van der Waals surface area contributed by atoms with Crippen LogP contribution >= 0.6 is 0 Å². The van der Waals surface area contributed by atoms with Crippen molar-refractivity contribution in [2.75, 3.05) is 0 Å². The molecule has 1 heterocycles. The fraction of sp³-hybridized carbons (Fsp3) is 0.333. The van der Waals surface area contributed by atoms with Crippen LogP contribution in [0.15, 0.2) is 6.20 Å². The van der Waals surface area contributed by atoms with Crippen molar-refractivity contribution in [3.8, 4) is 6.07 Å². The van der Waals surface area contributed by atoms with Crippen molar-refractivity contribution in [1.29, 1.82) is 5.26 Å². The van der Waals surface area contributed by atoms with Gasteiger partial charge in [0.05, 0.1) is 5.56 Å². The third kappa shape index (κ3) is 1.70. The number of aromatic nitrogens is 1. The number of hydrogen-bond donors (Lipinski definition) is 1. The summed E-state index contributed by atoms with van der Waals surface area (Å²) >= 11 is 0. The average Bonchev–Trinajstić information content (AvgIpc) is 2.16. The third-order valence-corrected chi connectivity index (χ3v) is 2.03. The Hall–Kier alpha value is -1.54. The molecule has 3 nitrogen and oxygen atoms in total. The van der Waals surface area contributed by atoms with Crippen LogP contribution in [0.2, 0.25) is 0 Å². The summed E-state index contributed by atoms with van der Waals surface area (Å²) < 4.78 is 25.1. The van der Waals surface area contributed by atoms with E-state index in [1.807, 2.05) is 0 Å². The molecule has 0 saturated heterocycles. The maximum atomic E-state index is 12.6. The van der Waals surface area contributed by atoms with Crippen molar-refractivity contribution in [3.63, 3.8) is 0 Å². The minimum atomic E-state index is -2.69. The van der Waals surface area contributed by atoms with E-state index in [1.165, 1.54) is 13.1 Å². The Kier molecular flexibility index (Phi) is 3.10. The highest BCUT2D eigenvalue weighted by molar-refractivity contribution is 5.41. The monoisotopic (exact) mass is 197 g/mol. The molecule has 1 aromatic heterocycles. The smallest absolute Gasteiger partial charge is 0.266 e. The van der Waals surface area contributed by atoms with Gasteiger partial charge in [-0.25, -0.2) is 13.8 Å². The summed E-state index contributed by atoms with van der Waals surface area (Å²) in [7, 11) is 0. The second-order valence-corrected chi connectivity index (χ2v) is 2.79. The lowest BCUT2D eigenvalue weighted by atomic mass is 10.0. The van der Waals surface area contributed by atoms with E-state index in [-0.39, 0.29) is 17.8 Å². The molecule has 0 aliphatic carbocycles. The fourth-order valence-corrected chi connectivity index (χ4v) is 1.22. The molecule has 0 atom stereocenters. The molecule has 0 spiro atoms. The number of nitriles is 1. The van der Waals surface area contributed by atoms with E-state index < -0.39 is 6.43 Å². The zero-order chi connectivity index (χ0) is 10.7. The minimum Gasteiger partial charge on any atom is -0.326 e. The first-order chi connectivity index (χ1) is 6.61. The molecule has 5 heteroatoms. The van der Waals surface area contributed by atoms with Gasteiger partial charge in [0.25, 0.3) is 6.43 Å². The van der Waals surface area contributed by atoms with Gasteiger partial charge in [-0.2, -0.15) is 5.26 Å². The number of nitrogens with zero attached hydrogens (tertiary/aromatic N) is 2. The van der Waals surface area contributed by atoms with Crippen molar-refractivity contribution >= 4 is 0 Å². The number of alkyl halides is 2. The van der Waals surface area contributed by atoms with Crippen LogP contribution in [-0.2, 0) is 6.54 Å². The second kappa shape index (κ2) is 4.11. The molecular weight excluding hydrogens is 188 g/mol. The minimum absolute atomic E-state index is 0.143. The summed E-state index contributed by atoms with van der Waals surface area (Å²) in [5.41, 5.74) is 5.70. The molecule has 0 bridgehead atoms. The van der Waals surface area contributed by atoms with Crippen LogP contribution in [0.5, 0.6) is 0 Å². The fourth-order valence-electron chi connectivity index (χ4n) is 1.22. The summed E-state index contributed by atoms with van der Waals surface area (Å²) in [6.45, 7) is 1.66. The van der Waals surface area contributed by atoms with E-state index in [2.05, 4.69) is 4.98 Å². The van der Waals surface area contributed by atoms with Crippen molar-refractivity contribution in [1.82, 2.24) is 4.98 Å². The second-order valence-electron chi connectivity index (χ2n) is 2.79. The normalized spacial score (nSPS) is 10.3. The largest absolute Gasteiger partial charge is 0.326 e. The first kappa shape index (κ1) is 10.5. The van der Waals surface area contributed by atoms with Gasteiger partial charge in [0.2, 0.25) is 0 Å². The number of rotatable bonds is 2. The summed E-state index contributed by atoms with van der Waals surface area (Å²) in [5.74, 6) is 0. The molecule has 0 aliphatic heterocycles. The van der Waals surface area contributed by atoms with E-state index >= 15 is 0 Å². The molecule has 0 unspecified atom stereocenters. The molecule has 1 rings (SSSR count). The lowest BCUT2D eigenvalue weighted by Crippen LogP contribution is -2.06. The highest BCUT2D eigenvalue weighted by atomic mass is 19.3. The molecule has 0 aromatic carbocycles. The van der Waals surface area contributed by atoms with Gasteiger partial charge >= 0.3 is 0 Å². The Morgan fingerprint density at radius 2 is 2.29 bits per heavy atom. The Labute approximate surface area is 80.2 Å². The van der Waals surface area contributed by atoms with E-state index in [9.17, 15) is 8.78 Å². The topological polar surface area (TPSA) is 62.7 Å². The molecule has 0 radical (unpaired) electrons. The first-order valence-corrected chi connectivity index (χ1v) is 3.98. The molecule has 0 amide bonds. The maximum Gasteiger partial charge on any atom is 0.266 e. The average molecular weight is 197 g/mol. The van der Waals surface area contributed by atoms with Crippen molar-refractivity contribution in [2.24, 2.45) is 5.73 Å². The quantitative estimate of drug-likeness (QED) is 0.784. The van der Waals surface area contributed by atoms with Crippen LogP contribution < -0.4 is 5.73 Å². The van der Waals surface area contributed by atoms with Crippen LogP contribution in [0.3, 0.4) is 0 Å². The Morgan fingerprint density at radius 1 is 1.64 bits per heavy atom. The van der Waals surface area contributed by atoms with Crippen LogP contribution in [0.1, 0.15) is 28.8 Å². The summed E-state index contributed by atoms with van der Waals surface area (Å²) in [6.07, 6.45) is -1.33. The van der Waals surface area contributed by atoms with Crippen LogP contribution in [-0.4, -0.2) is 4.98 Å². The molecule has 14 heavy (non-hydrogen) atoms. The van der Waals surface area contributed by atoms with Gasteiger partial charge in [-0.3, -0.25) is 0 Å². The maximum absolute atomic E-state index is 12.6. The molecule has 0 saturated carbocycles. The highest BCUT2D eigenvalue weighted by Crippen LogP contribution is 2.26. The van der Waals surface area contributed by atoms with Crippen LogP contribution in [0, 0.1) is 18.3 Å². The predicted molar refractivity (Wildman–Crippen MR) is 46.5 cm³/mol. The van der Waals surface area contributed by atoms with Gasteiger partial charge in [0.1, 0.15) is 11.8 Å². The zero-order valence-electron chi connectivity index (χ0n) is 7.59. The van der Waals surface area contributed by atoms with Crippen molar-refractivity contribution < 1.29 is 8.78 Å². The SMILES string of the molecule is Cc1c(CN)cnc(C#N)c1C(F)F. The third-order valence-electron chi connectivity index (χ3n) is 2.03. The number of nitrogens with two attached hydrogens (primary N) is 1. The lowest BCUT2D eigenvalue weighted by Gasteiger charge is -2.09. The van der Waals surface area contributed by atoms with Gasteiger partial charge in [-0.05, 0) is 18.1 Å². The summed E-state index contributed by atoms with van der Waals surface area (Å²) in [5, 5.41) is 8.58. The van der Waals surface area contributed by atoms with Gasteiger partial charge in [0, 0.05) is 12.7 Å². The Morgan fingerprint density at radius 3 is 2.71 bits per heavy atom. The predicted octanol–water partition coefficient (Wildman–Crippen LogP) is 1.66. The van der Waals surface area contributed by atoms with E-state index in [1.54, 1.807) is 6.07 Å². The van der Waals surface area contributed by atoms with Crippen molar-refractivity contribution in [3.05, 3.63) is 28.6 Å². The molecular formula is C9H9F2N3. The van der Waals surface area contributed by atoms with Crippen LogP contribution in [0.25, 0.3) is 0 Å². The van der Waals surface area contributed by atoms with E-state index in [0.29, 0.717) is 11.1 Å². The Balaban J connectivity index is 3.41. The lowest BCUT2D eigenvalue weighted by molar-refractivity contribution is 0.149. The molecule has 2 N–H and O–H groups in total. The molecule has 0 aliphatic rings. The standard InChI is InChI=1S/C9H9F2N3/c1-5-6(2-12)4-14-7(3-13)8(5)9(10)11/h4,9H,2,12H2,1H3. The van der Waals surface area contributed by atoms with Gasteiger partial charge in [-0.1, -0.05) is 0 Å². The van der Waals surface area contributed by atoms with E-state index in [0.717, 1.165) is 0 Å². The molecule has 0 fully saturated rings. The highest BCUT2D eigenvalue weighted by Gasteiger charge is 2.18. The Bertz CT molecular complexity index is 382. The van der Waals surface area contributed by atoms with Crippen LogP contribution in [0.4, 0.5) is 8.78 Å². The zero-order valence-corrected chi connectivity index (χ0v) is 7.59. The van der Waals surface area contributed by atoms with E-state index in [4.69, 9.17) is 11.0 Å². The van der Waals surface area contributed by atoms with Gasteiger partial charge in [-0.15, -0.1) is 0 Å². The first-order valence-electron chi connectivity index (χ1n) is 3.98. The summed E-state index contributed by atoms with van der Waals surface area (Å²) in [4.78, 5) is 3.63. The molecule has 1 aromatic rings. The van der Waals surface area contributed by atoms with Gasteiger partial charge < -0.3 is 5.73 Å². The van der Waals surface area contributed by atoms with Crippen molar-refractivity contribution in [2.45, 2.75) is 19.9 Å². The number of pyridine rings is 1. The number of halogens is 2. The molecule has 74 valence electrons. The number of hydrogen-bond acceptors (Lipinski definition) is 3. The summed E-state index contributed by atoms with van der Waals surface area (Å²) in [6, 6.07) is 1.64.